The van der Waals surface area contributed by atoms with Gasteiger partial charge >= 0.3 is 6.03 Å². The van der Waals surface area contributed by atoms with Gasteiger partial charge in [0.1, 0.15) is 0 Å². The number of hydrogen-bond donors (Lipinski definition) is 4. The van der Waals surface area contributed by atoms with Crippen molar-refractivity contribution in [3.63, 3.8) is 0 Å². The van der Waals surface area contributed by atoms with Crippen molar-refractivity contribution in [2.45, 2.75) is 30.3 Å². The Hall–Kier alpha value is -2.91. The minimum absolute atomic E-state index is 0.0301. The predicted molar refractivity (Wildman–Crippen MR) is 101 cm³/mol. The van der Waals surface area contributed by atoms with Crippen LogP contribution in [0.25, 0.3) is 0 Å². The molecule has 142 valence electrons. The average molecular weight is 388 g/mol. The molecular weight excluding hydrogens is 368 g/mol. The molecule has 0 heterocycles. The van der Waals surface area contributed by atoms with Gasteiger partial charge in [0.05, 0.1) is 4.90 Å². The number of primary amides is 1. The number of sulfonamides is 1. The normalized spacial score (nSPS) is 13.8. The molecule has 1 saturated carbocycles. The Morgan fingerprint density at radius 3 is 2.19 bits per heavy atom. The van der Waals surface area contributed by atoms with Crippen LogP contribution >= 0.6 is 0 Å². The largest absolute Gasteiger partial charge is 0.351 e. The lowest BCUT2D eigenvalue weighted by atomic mass is 10.2. The van der Waals surface area contributed by atoms with Gasteiger partial charge in [-0.3, -0.25) is 4.79 Å². The smallest absolute Gasteiger partial charge is 0.316 e. The molecule has 3 amide bonds. The molecular formula is C18H20N4O4S. The number of nitrogens with two attached hydrogens (primary N) is 1. The second kappa shape index (κ2) is 7.77. The van der Waals surface area contributed by atoms with Crippen molar-refractivity contribution < 1.29 is 18.0 Å². The highest BCUT2D eigenvalue weighted by molar-refractivity contribution is 7.89. The van der Waals surface area contributed by atoms with Crippen LogP contribution in [0.3, 0.4) is 0 Å². The van der Waals surface area contributed by atoms with E-state index in [4.69, 9.17) is 5.73 Å². The van der Waals surface area contributed by atoms with E-state index < -0.39 is 16.1 Å². The molecule has 2 aromatic rings. The molecule has 0 saturated heterocycles. The lowest BCUT2D eigenvalue weighted by molar-refractivity contribution is 0.0951. The third-order valence-electron chi connectivity index (χ3n) is 4.00. The highest BCUT2D eigenvalue weighted by Gasteiger charge is 2.27. The van der Waals surface area contributed by atoms with Crippen LogP contribution in [0.15, 0.2) is 53.4 Å². The van der Waals surface area contributed by atoms with Crippen molar-refractivity contribution in [2.75, 3.05) is 5.32 Å². The van der Waals surface area contributed by atoms with Gasteiger partial charge in [-0.05, 0) is 54.8 Å². The number of benzene rings is 2. The van der Waals surface area contributed by atoms with Crippen LogP contribution in [0.5, 0.6) is 0 Å². The molecule has 2 aromatic carbocycles. The molecule has 1 fully saturated rings. The zero-order valence-corrected chi connectivity index (χ0v) is 15.3. The van der Waals surface area contributed by atoms with Gasteiger partial charge in [0.15, 0.2) is 0 Å². The third kappa shape index (κ3) is 5.28. The lowest BCUT2D eigenvalue weighted by Gasteiger charge is -2.08. The zero-order valence-electron chi connectivity index (χ0n) is 14.4. The fraction of sp³-hybridized carbons (Fsp3) is 0.222. The van der Waals surface area contributed by atoms with Crippen molar-refractivity contribution in [3.05, 3.63) is 59.7 Å². The highest BCUT2D eigenvalue weighted by Crippen LogP contribution is 2.22. The summed E-state index contributed by atoms with van der Waals surface area (Å²) in [7, 11) is -3.53. The number of rotatable bonds is 7. The van der Waals surface area contributed by atoms with Gasteiger partial charge in [-0.15, -0.1) is 0 Å². The van der Waals surface area contributed by atoms with Crippen LogP contribution in [0.2, 0.25) is 0 Å². The topological polar surface area (TPSA) is 130 Å². The average Bonchev–Trinajstić information content (AvgIpc) is 3.44. The number of hydrogen-bond acceptors (Lipinski definition) is 4. The van der Waals surface area contributed by atoms with Crippen LogP contribution in [-0.4, -0.2) is 26.4 Å². The molecule has 9 heteroatoms. The monoisotopic (exact) mass is 388 g/mol. The van der Waals surface area contributed by atoms with Crippen molar-refractivity contribution in [1.82, 2.24) is 10.0 Å². The van der Waals surface area contributed by atoms with E-state index in [2.05, 4.69) is 15.4 Å². The highest BCUT2D eigenvalue weighted by atomic mass is 32.2. The van der Waals surface area contributed by atoms with Crippen molar-refractivity contribution in [3.8, 4) is 0 Å². The molecule has 0 bridgehead atoms. The Balaban J connectivity index is 1.57. The first kappa shape index (κ1) is 18.9. The van der Waals surface area contributed by atoms with Gasteiger partial charge in [-0.25, -0.2) is 17.9 Å². The first-order valence-electron chi connectivity index (χ1n) is 8.39. The van der Waals surface area contributed by atoms with E-state index >= 15 is 0 Å². The second-order valence-electron chi connectivity index (χ2n) is 6.29. The molecule has 0 radical (unpaired) electrons. The third-order valence-corrected chi connectivity index (χ3v) is 5.54. The van der Waals surface area contributed by atoms with E-state index in [1.165, 1.54) is 24.3 Å². The summed E-state index contributed by atoms with van der Waals surface area (Å²) in [5.74, 6) is -0.312. The van der Waals surface area contributed by atoms with E-state index in [9.17, 15) is 18.0 Å². The van der Waals surface area contributed by atoms with Crippen molar-refractivity contribution in [2.24, 2.45) is 5.73 Å². The summed E-state index contributed by atoms with van der Waals surface area (Å²) in [5.41, 5.74) is 6.81. The second-order valence-corrected chi connectivity index (χ2v) is 8.00. The Morgan fingerprint density at radius 1 is 1.00 bits per heavy atom. The lowest BCUT2D eigenvalue weighted by Crippen LogP contribution is -2.26. The van der Waals surface area contributed by atoms with Crippen molar-refractivity contribution in [1.29, 1.82) is 0 Å². The van der Waals surface area contributed by atoms with Gasteiger partial charge < -0.3 is 16.4 Å². The standard InChI is InChI=1S/C18H20N4O4S/c19-18(24)21-14-5-1-12(2-6-14)11-20-17(23)13-3-9-16(10-4-13)27(25,26)22-15-7-8-15/h1-6,9-10,15,22H,7-8,11H2,(H,20,23)(H3,19,21,24). The first-order chi connectivity index (χ1) is 12.8. The maximum absolute atomic E-state index is 12.2. The minimum atomic E-state index is -3.53. The molecule has 3 rings (SSSR count). The van der Waals surface area contributed by atoms with Crippen LogP contribution < -0.4 is 21.1 Å². The molecule has 8 nitrogen and oxygen atoms in total. The quantitative estimate of drug-likeness (QED) is 0.573. The summed E-state index contributed by atoms with van der Waals surface area (Å²) in [6.45, 7) is 0.291. The van der Waals surface area contributed by atoms with Gasteiger partial charge in [0.2, 0.25) is 10.0 Å². The van der Waals surface area contributed by atoms with E-state index in [0.717, 1.165) is 18.4 Å². The fourth-order valence-corrected chi connectivity index (χ4v) is 3.71. The fourth-order valence-electron chi connectivity index (χ4n) is 2.41. The Labute approximate surface area is 157 Å². The summed E-state index contributed by atoms with van der Waals surface area (Å²) < 4.78 is 26.8. The Morgan fingerprint density at radius 2 is 1.63 bits per heavy atom. The van der Waals surface area contributed by atoms with Crippen LogP contribution in [0.4, 0.5) is 10.5 Å². The summed E-state index contributed by atoms with van der Waals surface area (Å²) in [4.78, 5) is 23.2. The maximum Gasteiger partial charge on any atom is 0.316 e. The SMILES string of the molecule is NC(=O)Nc1ccc(CNC(=O)c2ccc(S(=O)(=O)NC3CC3)cc2)cc1. The summed E-state index contributed by atoms with van der Waals surface area (Å²) in [6.07, 6.45) is 1.72. The van der Waals surface area contributed by atoms with E-state index in [0.29, 0.717) is 17.8 Å². The molecule has 0 aliphatic heterocycles. The van der Waals surface area contributed by atoms with Crippen molar-refractivity contribution >= 4 is 27.6 Å². The number of urea groups is 1. The molecule has 0 spiro atoms. The van der Waals surface area contributed by atoms with E-state index in [1.807, 2.05) is 0 Å². The Bertz CT molecular complexity index is 936. The maximum atomic E-state index is 12.2. The summed E-state index contributed by atoms with van der Waals surface area (Å²) in [6, 6.07) is 12.1. The number of carbonyl (C=O) groups is 2. The zero-order chi connectivity index (χ0) is 19.4. The van der Waals surface area contributed by atoms with Gasteiger partial charge in [-0.1, -0.05) is 12.1 Å². The van der Waals surface area contributed by atoms with Gasteiger partial charge in [-0.2, -0.15) is 0 Å². The van der Waals surface area contributed by atoms with Gasteiger partial charge in [0, 0.05) is 23.8 Å². The van der Waals surface area contributed by atoms with Crippen LogP contribution in [0, 0.1) is 0 Å². The minimum Gasteiger partial charge on any atom is -0.351 e. The molecule has 27 heavy (non-hydrogen) atoms. The number of anilines is 1. The number of nitrogens with one attached hydrogen (secondary N) is 3. The molecule has 0 atom stereocenters. The number of amides is 3. The first-order valence-corrected chi connectivity index (χ1v) is 9.88. The summed E-state index contributed by atoms with van der Waals surface area (Å²) in [5, 5.41) is 5.21. The molecule has 1 aliphatic rings. The van der Waals surface area contributed by atoms with Gasteiger partial charge in [0.25, 0.3) is 5.91 Å². The molecule has 1 aliphatic carbocycles. The predicted octanol–water partition coefficient (Wildman–Crippen LogP) is 1.55. The van der Waals surface area contributed by atoms with E-state index in [-0.39, 0.29) is 16.8 Å². The van der Waals surface area contributed by atoms with Crippen LogP contribution in [-0.2, 0) is 16.6 Å². The molecule has 0 unspecified atom stereocenters. The molecule has 5 N–H and O–H groups in total. The van der Waals surface area contributed by atoms with E-state index in [1.54, 1.807) is 24.3 Å². The van der Waals surface area contributed by atoms with Crippen LogP contribution in [0.1, 0.15) is 28.8 Å². The molecule has 0 aromatic heterocycles. The number of carbonyl (C=O) groups excluding carboxylic acids is 2. The summed E-state index contributed by atoms with van der Waals surface area (Å²) >= 11 is 0. The Kier molecular flexibility index (Phi) is 5.43.